The average Bonchev–Trinajstić information content (AvgIpc) is 2.63. The Morgan fingerprint density at radius 1 is 1.24 bits per heavy atom. The molecule has 0 bridgehead atoms. The summed E-state index contributed by atoms with van der Waals surface area (Å²) >= 11 is 0. The number of morpholine rings is 1. The smallest absolute Gasteiger partial charge is 0.263 e. The molecule has 2 aromatic rings. The Balaban J connectivity index is 1.85. The molecule has 1 aromatic carbocycles. The second-order valence-corrected chi connectivity index (χ2v) is 6.35. The van der Waals surface area contributed by atoms with Crippen molar-refractivity contribution in [3.63, 3.8) is 0 Å². The van der Waals surface area contributed by atoms with E-state index in [-0.39, 0.29) is 29.0 Å². The van der Waals surface area contributed by atoms with Crippen LogP contribution in [0, 0.1) is 19.7 Å². The third kappa shape index (κ3) is 3.35. The Bertz CT molecular complexity index is 858. The van der Waals surface area contributed by atoms with Crippen LogP contribution in [0.1, 0.15) is 33.3 Å². The molecule has 1 saturated heterocycles. The first kappa shape index (κ1) is 17.4. The van der Waals surface area contributed by atoms with Crippen LogP contribution in [0.5, 0.6) is 0 Å². The highest BCUT2D eigenvalue weighted by atomic mass is 19.1. The third-order valence-electron chi connectivity index (χ3n) is 4.80. The summed E-state index contributed by atoms with van der Waals surface area (Å²) in [6.45, 7) is 4.86. The highest BCUT2D eigenvalue weighted by molar-refractivity contribution is 5.94. The normalized spacial score (nSPS) is 17.6. The number of rotatable bonds is 2. The molecule has 1 aromatic heterocycles. The van der Waals surface area contributed by atoms with Crippen molar-refractivity contribution in [1.82, 2.24) is 9.47 Å². The monoisotopic (exact) mass is 344 g/mol. The van der Waals surface area contributed by atoms with Crippen LogP contribution in [-0.2, 0) is 11.8 Å². The van der Waals surface area contributed by atoms with Crippen LogP contribution >= 0.6 is 0 Å². The van der Waals surface area contributed by atoms with Gasteiger partial charge in [-0.3, -0.25) is 9.59 Å². The third-order valence-corrected chi connectivity index (χ3v) is 4.80. The fourth-order valence-electron chi connectivity index (χ4n) is 3.02. The van der Waals surface area contributed by atoms with Crippen LogP contribution in [0.2, 0.25) is 0 Å². The molecular formula is C19H21FN2O3. The van der Waals surface area contributed by atoms with Gasteiger partial charge in [0, 0.05) is 19.3 Å². The topological polar surface area (TPSA) is 51.5 Å². The fraction of sp³-hybridized carbons (Fsp3) is 0.368. The maximum atomic E-state index is 13.1. The van der Waals surface area contributed by atoms with E-state index in [2.05, 4.69) is 0 Å². The highest BCUT2D eigenvalue weighted by Crippen LogP contribution is 2.23. The van der Waals surface area contributed by atoms with E-state index in [1.54, 1.807) is 30.1 Å². The van der Waals surface area contributed by atoms with E-state index in [1.807, 2.05) is 13.8 Å². The second-order valence-electron chi connectivity index (χ2n) is 6.35. The number of aromatic nitrogens is 1. The lowest BCUT2D eigenvalue weighted by Crippen LogP contribution is -2.44. The van der Waals surface area contributed by atoms with Crippen molar-refractivity contribution in [2.75, 3.05) is 19.7 Å². The first-order valence-corrected chi connectivity index (χ1v) is 8.22. The van der Waals surface area contributed by atoms with Crippen LogP contribution in [0.25, 0.3) is 0 Å². The zero-order valence-corrected chi connectivity index (χ0v) is 14.6. The maximum Gasteiger partial charge on any atom is 0.263 e. The van der Waals surface area contributed by atoms with Gasteiger partial charge in [-0.05, 0) is 43.2 Å². The number of amides is 1. The molecule has 0 saturated carbocycles. The fourth-order valence-corrected chi connectivity index (χ4v) is 3.02. The molecular weight excluding hydrogens is 323 g/mol. The Hall–Kier alpha value is -2.47. The van der Waals surface area contributed by atoms with E-state index < -0.39 is 0 Å². The molecule has 6 heteroatoms. The predicted octanol–water partition coefficient (Wildman–Crippen LogP) is 2.35. The van der Waals surface area contributed by atoms with Crippen LogP contribution < -0.4 is 5.56 Å². The molecule has 1 amide bonds. The quantitative estimate of drug-likeness (QED) is 0.840. The maximum absolute atomic E-state index is 13.1. The standard InChI is InChI=1S/C19H21FN2O3/c1-12-10-16(18(23)21(3)13(12)2)19(24)22-8-9-25-17(11-22)14-4-6-15(20)7-5-14/h4-7,10,17H,8-9,11H2,1-3H3/t17-/m0/s1. The zero-order chi connectivity index (χ0) is 18.1. The number of carbonyl (C=O) groups is 1. The molecule has 0 radical (unpaired) electrons. The van der Waals surface area contributed by atoms with Gasteiger partial charge >= 0.3 is 0 Å². The van der Waals surface area contributed by atoms with E-state index in [0.717, 1.165) is 16.8 Å². The zero-order valence-electron chi connectivity index (χ0n) is 14.6. The molecule has 0 spiro atoms. The molecule has 5 nitrogen and oxygen atoms in total. The lowest BCUT2D eigenvalue weighted by Gasteiger charge is -2.33. The summed E-state index contributed by atoms with van der Waals surface area (Å²) in [6.07, 6.45) is -0.325. The van der Waals surface area contributed by atoms with Crippen molar-refractivity contribution in [3.05, 3.63) is 68.9 Å². The number of halogens is 1. The van der Waals surface area contributed by atoms with Gasteiger partial charge in [0.1, 0.15) is 17.5 Å². The number of hydrogen-bond acceptors (Lipinski definition) is 3. The Kier molecular flexibility index (Phi) is 4.72. The molecule has 25 heavy (non-hydrogen) atoms. The lowest BCUT2D eigenvalue weighted by molar-refractivity contribution is -0.0229. The highest BCUT2D eigenvalue weighted by Gasteiger charge is 2.28. The summed E-state index contributed by atoms with van der Waals surface area (Å²) < 4.78 is 20.3. The number of aryl methyl sites for hydroxylation is 1. The van der Waals surface area contributed by atoms with Crippen molar-refractivity contribution in [2.45, 2.75) is 20.0 Å². The molecule has 0 N–H and O–H groups in total. The number of hydrogen-bond donors (Lipinski definition) is 0. The van der Waals surface area contributed by atoms with Crippen molar-refractivity contribution in [2.24, 2.45) is 7.05 Å². The van der Waals surface area contributed by atoms with Crippen LogP contribution in [0.3, 0.4) is 0 Å². The van der Waals surface area contributed by atoms with E-state index in [9.17, 15) is 14.0 Å². The average molecular weight is 344 g/mol. The Morgan fingerprint density at radius 2 is 1.92 bits per heavy atom. The molecule has 1 fully saturated rings. The second kappa shape index (κ2) is 6.80. The van der Waals surface area contributed by atoms with Gasteiger partial charge in [-0.15, -0.1) is 0 Å². The predicted molar refractivity (Wildman–Crippen MR) is 92.2 cm³/mol. The van der Waals surface area contributed by atoms with E-state index in [1.165, 1.54) is 16.7 Å². The molecule has 2 heterocycles. The van der Waals surface area contributed by atoms with E-state index in [4.69, 9.17) is 4.74 Å². The summed E-state index contributed by atoms with van der Waals surface area (Å²) in [5, 5.41) is 0. The molecule has 1 aliphatic rings. The Morgan fingerprint density at radius 3 is 2.60 bits per heavy atom. The molecule has 0 unspecified atom stereocenters. The number of benzene rings is 1. The lowest BCUT2D eigenvalue weighted by atomic mass is 10.1. The first-order valence-electron chi connectivity index (χ1n) is 8.22. The summed E-state index contributed by atoms with van der Waals surface area (Å²) in [6, 6.07) is 7.71. The van der Waals surface area contributed by atoms with Gasteiger partial charge in [0.05, 0.1) is 13.2 Å². The molecule has 132 valence electrons. The van der Waals surface area contributed by atoms with Gasteiger partial charge in [0.25, 0.3) is 11.5 Å². The largest absolute Gasteiger partial charge is 0.370 e. The van der Waals surface area contributed by atoms with Crippen molar-refractivity contribution >= 4 is 5.91 Å². The van der Waals surface area contributed by atoms with Crippen molar-refractivity contribution in [3.8, 4) is 0 Å². The van der Waals surface area contributed by atoms with Crippen LogP contribution in [0.4, 0.5) is 4.39 Å². The summed E-state index contributed by atoms with van der Waals surface area (Å²) in [7, 11) is 1.67. The minimum absolute atomic E-state index is 0.172. The van der Waals surface area contributed by atoms with Gasteiger partial charge in [0.15, 0.2) is 0 Å². The number of nitrogens with zero attached hydrogens (tertiary/aromatic N) is 2. The minimum atomic E-state index is -0.325. The van der Waals surface area contributed by atoms with E-state index >= 15 is 0 Å². The van der Waals surface area contributed by atoms with Crippen LogP contribution in [0.15, 0.2) is 35.1 Å². The van der Waals surface area contributed by atoms with Gasteiger partial charge in [-0.2, -0.15) is 0 Å². The van der Waals surface area contributed by atoms with Gasteiger partial charge in [-0.25, -0.2) is 4.39 Å². The summed E-state index contributed by atoms with van der Waals surface area (Å²) in [4.78, 5) is 26.9. The SMILES string of the molecule is Cc1cc(C(=O)N2CCO[C@H](c3ccc(F)cc3)C2)c(=O)n(C)c1C. The van der Waals surface area contributed by atoms with E-state index in [0.29, 0.717) is 19.7 Å². The number of carbonyl (C=O) groups excluding carboxylic acids is 1. The molecule has 1 atom stereocenters. The summed E-state index contributed by atoms with van der Waals surface area (Å²) in [5.41, 5.74) is 2.43. The van der Waals surface area contributed by atoms with Gasteiger partial charge in [-0.1, -0.05) is 12.1 Å². The number of ether oxygens (including phenoxy) is 1. The molecule has 3 rings (SSSR count). The Labute approximate surface area is 145 Å². The molecule has 1 aliphatic heterocycles. The van der Waals surface area contributed by atoms with Crippen LogP contribution in [-0.4, -0.2) is 35.1 Å². The van der Waals surface area contributed by atoms with Crippen molar-refractivity contribution < 1.29 is 13.9 Å². The number of pyridine rings is 1. The summed E-state index contributed by atoms with van der Waals surface area (Å²) in [5.74, 6) is -0.606. The van der Waals surface area contributed by atoms with Gasteiger partial charge < -0.3 is 14.2 Å². The molecule has 0 aliphatic carbocycles. The van der Waals surface area contributed by atoms with Crippen molar-refractivity contribution in [1.29, 1.82) is 0 Å². The minimum Gasteiger partial charge on any atom is -0.370 e. The first-order chi connectivity index (χ1) is 11.9. The van der Waals surface area contributed by atoms with Gasteiger partial charge in [0.2, 0.25) is 0 Å².